The maximum Gasteiger partial charge on any atom is 0.337 e. The molecule has 98 valence electrons. The third-order valence-corrected chi connectivity index (χ3v) is 3.09. The summed E-state index contributed by atoms with van der Waals surface area (Å²) in [6.07, 6.45) is 3.46. The molecule has 0 spiro atoms. The number of ether oxygens (including phenoxy) is 2. The van der Waals surface area contributed by atoms with Gasteiger partial charge >= 0.3 is 5.97 Å². The van der Waals surface area contributed by atoms with Gasteiger partial charge in [-0.05, 0) is 40.2 Å². The molecule has 0 saturated heterocycles. The van der Waals surface area contributed by atoms with Crippen LogP contribution in [0.4, 0.5) is 0 Å². The first-order valence-corrected chi connectivity index (χ1v) is 6.39. The van der Waals surface area contributed by atoms with Crippen LogP contribution in [0.5, 0.6) is 5.75 Å². The van der Waals surface area contributed by atoms with Gasteiger partial charge in [0.15, 0.2) is 0 Å². The van der Waals surface area contributed by atoms with Gasteiger partial charge in [0.1, 0.15) is 12.4 Å². The third-order valence-electron chi connectivity index (χ3n) is 2.47. The van der Waals surface area contributed by atoms with Gasteiger partial charge in [0.2, 0.25) is 0 Å². The molecular weight excluding hydrogens is 310 g/mol. The first kappa shape index (κ1) is 13.5. The van der Waals surface area contributed by atoms with Gasteiger partial charge in [-0.15, -0.1) is 0 Å². The molecule has 0 fully saturated rings. The van der Waals surface area contributed by atoms with E-state index in [9.17, 15) is 4.79 Å². The zero-order valence-electron chi connectivity index (χ0n) is 10.3. The van der Waals surface area contributed by atoms with Crippen molar-refractivity contribution >= 4 is 21.9 Å². The summed E-state index contributed by atoms with van der Waals surface area (Å²) in [4.78, 5) is 15.4. The summed E-state index contributed by atoms with van der Waals surface area (Å²) < 4.78 is 11.0. The minimum atomic E-state index is -0.375. The highest BCUT2D eigenvalue weighted by molar-refractivity contribution is 9.10. The van der Waals surface area contributed by atoms with Crippen LogP contribution in [0.25, 0.3) is 0 Å². The maximum atomic E-state index is 11.4. The Kier molecular flexibility index (Phi) is 4.52. The fourth-order valence-electron chi connectivity index (χ4n) is 1.51. The highest BCUT2D eigenvalue weighted by atomic mass is 79.9. The van der Waals surface area contributed by atoms with E-state index in [0.29, 0.717) is 22.4 Å². The number of benzene rings is 1. The molecule has 19 heavy (non-hydrogen) atoms. The molecule has 0 bridgehead atoms. The van der Waals surface area contributed by atoms with E-state index < -0.39 is 0 Å². The molecule has 0 unspecified atom stereocenters. The molecule has 0 N–H and O–H groups in total. The van der Waals surface area contributed by atoms with Crippen molar-refractivity contribution in [1.29, 1.82) is 0 Å². The van der Waals surface area contributed by atoms with E-state index in [1.165, 1.54) is 7.11 Å². The Morgan fingerprint density at radius 3 is 2.84 bits per heavy atom. The Morgan fingerprint density at radius 2 is 2.21 bits per heavy atom. The van der Waals surface area contributed by atoms with Crippen LogP contribution in [-0.4, -0.2) is 18.1 Å². The van der Waals surface area contributed by atoms with Gasteiger partial charge < -0.3 is 9.47 Å². The number of hydrogen-bond donors (Lipinski definition) is 0. The van der Waals surface area contributed by atoms with Crippen LogP contribution in [-0.2, 0) is 11.3 Å². The first-order chi connectivity index (χ1) is 9.20. The number of hydrogen-bond acceptors (Lipinski definition) is 4. The molecule has 0 atom stereocenters. The Hall–Kier alpha value is -1.88. The lowest BCUT2D eigenvalue weighted by Crippen LogP contribution is -2.02. The van der Waals surface area contributed by atoms with Crippen LogP contribution in [0.15, 0.2) is 47.2 Å². The van der Waals surface area contributed by atoms with Crippen molar-refractivity contribution in [2.75, 3.05) is 7.11 Å². The normalized spacial score (nSPS) is 10.0. The fourth-order valence-corrected chi connectivity index (χ4v) is 2.00. The first-order valence-electron chi connectivity index (χ1n) is 5.60. The molecule has 5 heteroatoms. The Bertz CT molecular complexity index is 572. The lowest BCUT2D eigenvalue weighted by molar-refractivity contribution is 0.0600. The van der Waals surface area contributed by atoms with Gasteiger partial charge in [0.25, 0.3) is 0 Å². The number of esters is 1. The van der Waals surface area contributed by atoms with E-state index in [1.807, 2.05) is 12.1 Å². The summed E-state index contributed by atoms with van der Waals surface area (Å²) in [5.41, 5.74) is 1.45. The van der Waals surface area contributed by atoms with E-state index in [0.717, 1.165) is 5.56 Å². The average Bonchev–Trinajstić information content (AvgIpc) is 2.46. The van der Waals surface area contributed by atoms with Crippen molar-refractivity contribution in [2.24, 2.45) is 0 Å². The van der Waals surface area contributed by atoms with Crippen molar-refractivity contribution in [3.8, 4) is 5.75 Å². The molecule has 4 nitrogen and oxygen atoms in total. The predicted molar refractivity (Wildman–Crippen MR) is 74.1 cm³/mol. The smallest absolute Gasteiger partial charge is 0.337 e. The minimum absolute atomic E-state index is 0.375. The van der Waals surface area contributed by atoms with Crippen LogP contribution in [0.2, 0.25) is 0 Å². The van der Waals surface area contributed by atoms with Crippen molar-refractivity contribution < 1.29 is 14.3 Å². The maximum absolute atomic E-state index is 11.4. The molecule has 0 aliphatic rings. The Labute approximate surface area is 119 Å². The highest BCUT2D eigenvalue weighted by Crippen LogP contribution is 2.27. The number of rotatable bonds is 4. The second kappa shape index (κ2) is 6.33. The molecule has 0 amide bonds. The lowest BCUT2D eigenvalue weighted by Gasteiger charge is -2.09. The molecule has 0 saturated carbocycles. The number of nitrogens with zero attached hydrogens (tertiary/aromatic N) is 1. The van der Waals surface area contributed by atoms with Gasteiger partial charge in [0.05, 0.1) is 17.1 Å². The van der Waals surface area contributed by atoms with Crippen LogP contribution < -0.4 is 4.74 Å². The van der Waals surface area contributed by atoms with Gasteiger partial charge in [-0.25, -0.2) is 4.79 Å². The average molecular weight is 322 g/mol. The second-order valence-electron chi connectivity index (χ2n) is 3.79. The number of carbonyl (C=O) groups is 1. The summed E-state index contributed by atoms with van der Waals surface area (Å²) in [6, 6.07) is 8.85. The zero-order valence-corrected chi connectivity index (χ0v) is 11.9. The van der Waals surface area contributed by atoms with Crippen LogP contribution in [0.1, 0.15) is 15.9 Å². The quantitative estimate of drug-likeness (QED) is 0.811. The van der Waals surface area contributed by atoms with E-state index >= 15 is 0 Å². The van der Waals surface area contributed by atoms with E-state index in [1.54, 1.807) is 30.6 Å². The second-order valence-corrected chi connectivity index (χ2v) is 4.64. The molecule has 1 aromatic carbocycles. The molecule has 1 heterocycles. The number of aromatic nitrogens is 1. The zero-order chi connectivity index (χ0) is 13.7. The van der Waals surface area contributed by atoms with Gasteiger partial charge in [0, 0.05) is 18.0 Å². The number of carbonyl (C=O) groups excluding carboxylic acids is 1. The molecule has 0 radical (unpaired) electrons. The molecule has 2 aromatic rings. The summed E-state index contributed by atoms with van der Waals surface area (Å²) >= 11 is 3.37. The standard InChI is InChI=1S/C14H12BrNO3/c1-18-14(17)11-4-5-13(12(15)7-11)19-9-10-3-2-6-16-8-10/h2-8H,9H2,1H3. The summed E-state index contributed by atoms with van der Waals surface area (Å²) in [6.45, 7) is 0.421. The number of halogens is 1. The molecule has 2 rings (SSSR count). The highest BCUT2D eigenvalue weighted by Gasteiger charge is 2.09. The Balaban J connectivity index is 2.07. The number of methoxy groups -OCH3 is 1. The SMILES string of the molecule is COC(=O)c1ccc(OCc2cccnc2)c(Br)c1. The van der Waals surface area contributed by atoms with Crippen LogP contribution in [0.3, 0.4) is 0 Å². The Morgan fingerprint density at radius 1 is 1.37 bits per heavy atom. The van der Waals surface area contributed by atoms with Crippen molar-refractivity contribution in [3.63, 3.8) is 0 Å². The van der Waals surface area contributed by atoms with Gasteiger partial charge in [-0.1, -0.05) is 6.07 Å². The van der Waals surface area contributed by atoms with Crippen molar-refractivity contribution in [3.05, 3.63) is 58.3 Å². The van der Waals surface area contributed by atoms with E-state index in [-0.39, 0.29) is 5.97 Å². The van der Waals surface area contributed by atoms with E-state index in [2.05, 4.69) is 25.7 Å². The van der Waals surface area contributed by atoms with Crippen LogP contribution >= 0.6 is 15.9 Å². The predicted octanol–water partition coefficient (Wildman–Crippen LogP) is 3.21. The van der Waals surface area contributed by atoms with Crippen molar-refractivity contribution in [2.45, 2.75) is 6.61 Å². The number of pyridine rings is 1. The molecule has 0 aliphatic carbocycles. The molecule has 1 aromatic heterocycles. The van der Waals surface area contributed by atoms with Crippen LogP contribution in [0, 0.1) is 0 Å². The summed E-state index contributed by atoms with van der Waals surface area (Å²) in [5.74, 6) is 0.288. The van der Waals surface area contributed by atoms with Crippen molar-refractivity contribution in [1.82, 2.24) is 4.98 Å². The molecule has 0 aliphatic heterocycles. The van der Waals surface area contributed by atoms with Gasteiger partial charge in [-0.3, -0.25) is 4.98 Å². The third kappa shape index (κ3) is 3.54. The summed E-state index contributed by atoms with van der Waals surface area (Å²) in [5, 5.41) is 0. The van der Waals surface area contributed by atoms with Gasteiger partial charge in [-0.2, -0.15) is 0 Å². The minimum Gasteiger partial charge on any atom is -0.488 e. The monoisotopic (exact) mass is 321 g/mol. The lowest BCUT2D eigenvalue weighted by atomic mass is 10.2. The largest absolute Gasteiger partial charge is 0.488 e. The summed E-state index contributed by atoms with van der Waals surface area (Å²) in [7, 11) is 1.35. The van der Waals surface area contributed by atoms with E-state index in [4.69, 9.17) is 4.74 Å². The molecular formula is C14H12BrNO3. The fraction of sp³-hybridized carbons (Fsp3) is 0.143. The topological polar surface area (TPSA) is 48.4 Å².